The van der Waals surface area contributed by atoms with Crippen LogP contribution in [0, 0.1) is 6.92 Å². The normalized spacial score (nSPS) is 10.8. The highest BCUT2D eigenvalue weighted by Crippen LogP contribution is 2.05. The number of rotatable bonds is 9. The van der Waals surface area contributed by atoms with Crippen LogP contribution >= 0.6 is 0 Å². The van der Waals surface area contributed by atoms with Crippen LogP contribution in [0.25, 0.3) is 0 Å². The fourth-order valence-electron chi connectivity index (χ4n) is 1.94. The van der Waals surface area contributed by atoms with Crippen molar-refractivity contribution in [3.63, 3.8) is 0 Å². The van der Waals surface area contributed by atoms with Gasteiger partial charge in [0.05, 0.1) is 0 Å². The first-order valence-corrected chi connectivity index (χ1v) is 7.26. The van der Waals surface area contributed by atoms with Gasteiger partial charge < -0.3 is 15.5 Å². The molecule has 0 aliphatic rings. The Labute approximate surface area is 122 Å². The Morgan fingerprint density at radius 2 is 1.95 bits per heavy atom. The average Bonchev–Trinajstić information content (AvgIpc) is 2.41. The first-order chi connectivity index (χ1) is 9.59. The number of benzene rings is 1. The van der Waals surface area contributed by atoms with Gasteiger partial charge in [-0.05, 0) is 45.1 Å². The lowest BCUT2D eigenvalue weighted by Crippen LogP contribution is -2.29. The van der Waals surface area contributed by atoms with E-state index in [1.807, 2.05) is 26.2 Å². The van der Waals surface area contributed by atoms with Gasteiger partial charge >= 0.3 is 0 Å². The van der Waals surface area contributed by atoms with Crippen LogP contribution in [-0.2, 0) is 11.3 Å². The summed E-state index contributed by atoms with van der Waals surface area (Å²) in [5, 5.41) is 6.26. The Bertz CT molecular complexity index is 404. The zero-order valence-electron chi connectivity index (χ0n) is 12.9. The predicted molar refractivity (Wildman–Crippen MR) is 83.7 cm³/mol. The number of nitrogens with zero attached hydrogens (tertiary/aromatic N) is 1. The van der Waals surface area contributed by atoms with E-state index in [0.29, 0.717) is 13.0 Å². The standard InChI is InChI=1S/C16H27N3O/c1-14-7-4-5-8-15(14)13-17-11-9-16(20)18-10-6-12-19(2)3/h4-5,7-8,17H,6,9-13H2,1-3H3,(H,18,20). The van der Waals surface area contributed by atoms with Crippen LogP contribution in [0.3, 0.4) is 0 Å². The first-order valence-electron chi connectivity index (χ1n) is 7.26. The summed E-state index contributed by atoms with van der Waals surface area (Å²) in [6, 6.07) is 8.31. The van der Waals surface area contributed by atoms with Crippen LogP contribution in [0.2, 0.25) is 0 Å². The maximum atomic E-state index is 11.6. The lowest BCUT2D eigenvalue weighted by molar-refractivity contribution is -0.121. The first kappa shape index (κ1) is 16.7. The van der Waals surface area contributed by atoms with Crippen molar-refractivity contribution in [3.8, 4) is 0 Å². The molecule has 0 unspecified atom stereocenters. The van der Waals surface area contributed by atoms with Gasteiger partial charge in [-0.15, -0.1) is 0 Å². The van der Waals surface area contributed by atoms with E-state index in [4.69, 9.17) is 0 Å². The van der Waals surface area contributed by atoms with E-state index in [-0.39, 0.29) is 5.91 Å². The van der Waals surface area contributed by atoms with Crippen LogP contribution in [0.15, 0.2) is 24.3 Å². The molecule has 0 aromatic heterocycles. The van der Waals surface area contributed by atoms with Crippen molar-refractivity contribution in [2.45, 2.75) is 26.3 Å². The van der Waals surface area contributed by atoms with Crippen LogP contribution in [0.4, 0.5) is 0 Å². The quantitative estimate of drug-likeness (QED) is 0.673. The second-order valence-electron chi connectivity index (χ2n) is 5.36. The molecule has 0 spiro atoms. The molecule has 4 heteroatoms. The van der Waals surface area contributed by atoms with Gasteiger partial charge in [0.25, 0.3) is 0 Å². The molecule has 0 fully saturated rings. The van der Waals surface area contributed by atoms with E-state index in [2.05, 4.69) is 34.6 Å². The van der Waals surface area contributed by atoms with Crippen molar-refractivity contribution >= 4 is 5.91 Å². The third-order valence-corrected chi connectivity index (χ3v) is 3.21. The highest BCUT2D eigenvalue weighted by molar-refractivity contribution is 5.75. The van der Waals surface area contributed by atoms with Gasteiger partial charge in [-0.25, -0.2) is 0 Å². The molecule has 0 atom stereocenters. The number of aryl methyl sites for hydroxylation is 1. The zero-order chi connectivity index (χ0) is 14.8. The van der Waals surface area contributed by atoms with Crippen molar-refractivity contribution in [1.82, 2.24) is 15.5 Å². The SMILES string of the molecule is Cc1ccccc1CNCCC(=O)NCCCN(C)C. The van der Waals surface area contributed by atoms with Crippen molar-refractivity contribution < 1.29 is 4.79 Å². The van der Waals surface area contributed by atoms with Crippen LogP contribution in [-0.4, -0.2) is 44.5 Å². The third-order valence-electron chi connectivity index (χ3n) is 3.21. The largest absolute Gasteiger partial charge is 0.356 e. The van der Waals surface area contributed by atoms with E-state index in [1.165, 1.54) is 11.1 Å². The molecular formula is C16H27N3O. The van der Waals surface area contributed by atoms with E-state index >= 15 is 0 Å². The average molecular weight is 277 g/mol. The Morgan fingerprint density at radius 3 is 2.65 bits per heavy atom. The number of carbonyl (C=O) groups is 1. The van der Waals surface area contributed by atoms with Gasteiger partial charge in [-0.3, -0.25) is 4.79 Å². The molecule has 2 N–H and O–H groups in total. The molecule has 0 radical (unpaired) electrons. The smallest absolute Gasteiger partial charge is 0.221 e. The Kier molecular flexibility index (Phi) is 7.92. The summed E-state index contributed by atoms with van der Waals surface area (Å²) < 4.78 is 0. The zero-order valence-corrected chi connectivity index (χ0v) is 12.9. The monoisotopic (exact) mass is 277 g/mol. The van der Waals surface area contributed by atoms with E-state index < -0.39 is 0 Å². The summed E-state index contributed by atoms with van der Waals surface area (Å²) in [6.07, 6.45) is 1.53. The summed E-state index contributed by atoms with van der Waals surface area (Å²) in [5.41, 5.74) is 2.58. The maximum Gasteiger partial charge on any atom is 0.221 e. The number of nitrogens with one attached hydrogen (secondary N) is 2. The van der Waals surface area contributed by atoms with E-state index in [0.717, 1.165) is 26.1 Å². The molecule has 1 amide bonds. The Morgan fingerprint density at radius 1 is 1.20 bits per heavy atom. The summed E-state index contributed by atoms with van der Waals surface area (Å²) in [6.45, 7) is 5.41. The molecule has 0 saturated carbocycles. The van der Waals surface area contributed by atoms with Gasteiger partial charge in [0.15, 0.2) is 0 Å². The molecule has 20 heavy (non-hydrogen) atoms. The summed E-state index contributed by atoms with van der Waals surface area (Å²) in [5.74, 6) is 0.126. The molecule has 1 aromatic carbocycles. The number of carbonyl (C=O) groups excluding carboxylic acids is 1. The number of hydrogen-bond donors (Lipinski definition) is 2. The summed E-state index contributed by atoms with van der Waals surface area (Å²) in [7, 11) is 4.08. The minimum absolute atomic E-state index is 0.126. The lowest BCUT2D eigenvalue weighted by atomic mass is 10.1. The van der Waals surface area contributed by atoms with Gasteiger partial charge in [0.2, 0.25) is 5.91 Å². The molecule has 1 rings (SSSR count). The molecule has 0 heterocycles. The molecule has 4 nitrogen and oxygen atoms in total. The topological polar surface area (TPSA) is 44.4 Å². The Balaban J connectivity index is 2.06. The third kappa shape index (κ3) is 7.26. The minimum Gasteiger partial charge on any atom is -0.356 e. The van der Waals surface area contributed by atoms with Crippen molar-refractivity contribution in [2.24, 2.45) is 0 Å². The Hall–Kier alpha value is -1.39. The van der Waals surface area contributed by atoms with Gasteiger partial charge in [-0.2, -0.15) is 0 Å². The summed E-state index contributed by atoms with van der Waals surface area (Å²) >= 11 is 0. The fourth-order valence-corrected chi connectivity index (χ4v) is 1.94. The van der Waals surface area contributed by atoms with Crippen molar-refractivity contribution in [1.29, 1.82) is 0 Å². The maximum absolute atomic E-state index is 11.6. The van der Waals surface area contributed by atoms with Crippen molar-refractivity contribution in [2.75, 3.05) is 33.7 Å². The molecule has 1 aromatic rings. The lowest BCUT2D eigenvalue weighted by Gasteiger charge is -2.10. The second kappa shape index (κ2) is 9.50. The summed E-state index contributed by atoms with van der Waals surface area (Å²) in [4.78, 5) is 13.7. The predicted octanol–water partition coefficient (Wildman–Crippen LogP) is 1.54. The molecule has 0 saturated heterocycles. The second-order valence-corrected chi connectivity index (χ2v) is 5.36. The minimum atomic E-state index is 0.126. The molecule has 0 bridgehead atoms. The fraction of sp³-hybridized carbons (Fsp3) is 0.562. The van der Waals surface area contributed by atoms with Crippen LogP contribution in [0.5, 0.6) is 0 Å². The highest BCUT2D eigenvalue weighted by atomic mass is 16.1. The number of amides is 1. The molecular weight excluding hydrogens is 250 g/mol. The molecule has 0 aliphatic carbocycles. The van der Waals surface area contributed by atoms with Gasteiger partial charge in [-0.1, -0.05) is 24.3 Å². The number of hydrogen-bond acceptors (Lipinski definition) is 3. The molecule has 0 aliphatic heterocycles. The van der Waals surface area contributed by atoms with E-state index in [1.54, 1.807) is 0 Å². The van der Waals surface area contributed by atoms with Crippen LogP contribution in [0.1, 0.15) is 24.0 Å². The van der Waals surface area contributed by atoms with Crippen molar-refractivity contribution in [3.05, 3.63) is 35.4 Å². The van der Waals surface area contributed by atoms with Gasteiger partial charge in [0, 0.05) is 26.1 Å². The molecule has 112 valence electrons. The van der Waals surface area contributed by atoms with Crippen LogP contribution < -0.4 is 10.6 Å². The van der Waals surface area contributed by atoms with Gasteiger partial charge in [0.1, 0.15) is 0 Å². The highest BCUT2D eigenvalue weighted by Gasteiger charge is 2.01. The van der Waals surface area contributed by atoms with E-state index in [9.17, 15) is 4.79 Å².